The maximum atomic E-state index is 11.0. The molecule has 7 heteroatoms. The van der Waals surface area contributed by atoms with Gasteiger partial charge >= 0.3 is 5.97 Å². The van der Waals surface area contributed by atoms with Crippen molar-refractivity contribution in [2.45, 2.75) is 51.0 Å². The minimum absolute atomic E-state index is 0.310. The van der Waals surface area contributed by atoms with E-state index >= 15 is 0 Å². The van der Waals surface area contributed by atoms with E-state index in [9.17, 15) is 15.0 Å². The van der Waals surface area contributed by atoms with Gasteiger partial charge in [-0.1, -0.05) is 0 Å². The van der Waals surface area contributed by atoms with Gasteiger partial charge in [0, 0.05) is 25.7 Å². The maximum absolute atomic E-state index is 11.0. The fourth-order valence-electron chi connectivity index (χ4n) is 3.25. The molecule has 2 heterocycles. The van der Waals surface area contributed by atoms with Gasteiger partial charge in [-0.25, -0.2) is 0 Å². The fourth-order valence-corrected chi connectivity index (χ4v) is 3.25. The Balaban J connectivity index is 1.75. The van der Waals surface area contributed by atoms with Crippen molar-refractivity contribution in [1.82, 2.24) is 0 Å². The number of hydrogen-bond donors (Lipinski definition) is 2. The molecule has 0 aromatic heterocycles. The van der Waals surface area contributed by atoms with Gasteiger partial charge < -0.3 is 29.3 Å². The van der Waals surface area contributed by atoms with E-state index in [2.05, 4.69) is 0 Å². The maximum Gasteiger partial charge on any atom is 0.308 e. The van der Waals surface area contributed by atoms with Gasteiger partial charge in [0.15, 0.2) is 5.79 Å². The molecule has 2 saturated heterocycles. The molecular formula is C17H23NO6. The van der Waals surface area contributed by atoms with Crippen LogP contribution in [-0.4, -0.2) is 59.5 Å². The van der Waals surface area contributed by atoms with Crippen molar-refractivity contribution in [3.8, 4) is 5.75 Å². The molecule has 2 aliphatic heterocycles. The summed E-state index contributed by atoms with van der Waals surface area (Å²) in [4.78, 5) is 12.8. The topological polar surface area (TPSA) is 88.5 Å². The van der Waals surface area contributed by atoms with E-state index in [0.717, 1.165) is 5.69 Å². The molecule has 0 radical (unpaired) electrons. The molecule has 2 N–H and O–H groups in total. The quantitative estimate of drug-likeness (QED) is 0.606. The highest BCUT2D eigenvalue weighted by molar-refractivity contribution is 5.69. The highest BCUT2D eigenvalue weighted by atomic mass is 16.8. The van der Waals surface area contributed by atoms with Gasteiger partial charge in [-0.2, -0.15) is 0 Å². The minimum Gasteiger partial charge on any atom is -0.427 e. The van der Waals surface area contributed by atoms with Gasteiger partial charge in [-0.05, 0) is 38.1 Å². The summed E-state index contributed by atoms with van der Waals surface area (Å²) in [5.41, 5.74) is 0.809. The first-order chi connectivity index (χ1) is 11.2. The first-order valence-corrected chi connectivity index (χ1v) is 8.00. The predicted molar refractivity (Wildman–Crippen MR) is 85.8 cm³/mol. The van der Waals surface area contributed by atoms with Crippen LogP contribution in [0.2, 0.25) is 0 Å². The van der Waals surface area contributed by atoms with Crippen molar-refractivity contribution < 1.29 is 29.2 Å². The van der Waals surface area contributed by atoms with Crippen LogP contribution in [0.25, 0.3) is 0 Å². The Bertz CT molecular complexity index is 580. The molecule has 2 aliphatic rings. The van der Waals surface area contributed by atoms with Crippen molar-refractivity contribution in [3.05, 3.63) is 24.3 Å². The van der Waals surface area contributed by atoms with Gasteiger partial charge in [0.1, 0.15) is 30.2 Å². The van der Waals surface area contributed by atoms with Gasteiger partial charge in [0.2, 0.25) is 0 Å². The molecule has 4 atom stereocenters. The summed E-state index contributed by atoms with van der Waals surface area (Å²) in [5, 5.41) is 21.0. The number of carbonyl (C=O) groups excluding carboxylic acids is 1. The smallest absolute Gasteiger partial charge is 0.308 e. The van der Waals surface area contributed by atoms with Crippen LogP contribution in [0, 0.1) is 0 Å². The lowest BCUT2D eigenvalue weighted by molar-refractivity contribution is -0.161. The zero-order valence-corrected chi connectivity index (χ0v) is 14.0. The molecule has 1 aromatic carbocycles. The Morgan fingerprint density at radius 2 is 1.62 bits per heavy atom. The molecule has 7 nitrogen and oxygen atoms in total. The number of ether oxygens (including phenoxy) is 3. The highest BCUT2D eigenvalue weighted by Gasteiger charge is 2.50. The number of aliphatic hydroxyl groups is 2. The van der Waals surface area contributed by atoms with Crippen LogP contribution in [-0.2, 0) is 14.3 Å². The summed E-state index contributed by atoms with van der Waals surface area (Å²) in [5.74, 6) is -0.744. The van der Waals surface area contributed by atoms with Crippen LogP contribution in [0.3, 0.4) is 0 Å². The van der Waals surface area contributed by atoms with Gasteiger partial charge in [-0.3, -0.25) is 4.79 Å². The number of nitrogens with zero attached hydrogens (tertiary/aromatic N) is 1. The number of esters is 1. The van der Waals surface area contributed by atoms with Crippen LogP contribution >= 0.6 is 0 Å². The normalized spacial score (nSPS) is 32.1. The highest BCUT2D eigenvalue weighted by Crippen LogP contribution is 2.35. The standard InChI is InChI=1S/C17H23NO6/c1-10(19)22-12-6-4-11(5-7-12)18-8-13(20)15-16(14(21)9-18)24-17(2,3)23-15/h4-7,13-16,20-21H,8-9H2,1-3H3/t13-,14-,15-,16-/m1/s1. The molecule has 0 unspecified atom stereocenters. The Kier molecular flexibility index (Phi) is 4.52. The lowest BCUT2D eigenvalue weighted by Gasteiger charge is -2.28. The molecule has 2 fully saturated rings. The summed E-state index contributed by atoms with van der Waals surface area (Å²) in [6.45, 7) is 5.50. The van der Waals surface area contributed by atoms with Crippen LogP contribution < -0.4 is 9.64 Å². The molecule has 24 heavy (non-hydrogen) atoms. The number of β-amino-alcohol motifs (C(OH)–C–C–N with tert-alkyl or cyclic N) is 2. The lowest BCUT2D eigenvalue weighted by Crippen LogP contribution is -2.41. The SMILES string of the molecule is CC(=O)Oc1ccc(N2C[C@@H](O)[C@H]3OC(C)(C)O[C@@H]3[C@H](O)C2)cc1. The molecular weight excluding hydrogens is 314 g/mol. The number of benzene rings is 1. The van der Waals surface area contributed by atoms with Crippen molar-refractivity contribution in [2.75, 3.05) is 18.0 Å². The molecule has 3 rings (SSSR count). The number of anilines is 1. The monoisotopic (exact) mass is 337 g/mol. The molecule has 0 bridgehead atoms. The molecule has 0 amide bonds. The Morgan fingerprint density at radius 1 is 1.12 bits per heavy atom. The Morgan fingerprint density at radius 3 is 2.08 bits per heavy atom. The Hall–Kier alpha value is -1.67. The molecule has 1 aromatic rings. The Labute approximate surface area is 140 Å². The number of fused-ring (bicyclic) bond motifs is 1. The summed E-state index contributed by atoms with van der Waals surface area (Å²) in [7, 11) is 0. The van der Waals surface area contributed by atoms with Crippen LogP contribution in [0.1, 0.15) is 20.8 Å². The van der Waals surface area contributed by atoms with Crippen LogP contribution in [0.4, 0.5) is 5.69 Å². The third-order valence-corrected chi connectivity index (χ3v) is 4.20. The van der Waals surface area contributed by atoms with Crippen molar-refractivity contribution in [2.24, 2.45) is 0 Å². The third kappa shape index (κ3) is 3.54. The molecule has 0 saturated carbocycles. The van der Waals surface area contributed by atoms with E-state index in [1.807, 2.05) is 4.90 Å². The number of hydrogen-bond acceptors (Lipinski definition) is 7. The summed E-state index contributed by atoms with van der Waals surface area (Å²) < 4.78 is 16.5. The van der Waals surface area contributed by atoms with E-state index in [0.29, 0.717) is 18.8 Å². The zero-order chi connectivity index (χ0) is 17.5. The zero-order valence-electron chi connectivity index (χ0n) is 14.0. The van der Waals surface area contributed by atoms with Gasteiger partial charge in [0.25, 0.3) is 0 Å². The molecule has 0 spiro atoms. The van der Waals surface area contributed by atoms with Gasteiger partial charge in [0.05, 0.1) is 0 Å². The minimum atomic E-state index is -0.814. The van der Waals surface area contributed by atoms with E-state index in [4.69, 9.17) is 14.2 Å². The second-order valence-corrected chi connectivity index (χ2v) is 6.69. The second kappa shape index (κ2) is 6.33. The van der Waals surface area contributed by atoms with E-state index in [1.165, 1.54) is 6.92 Å². The van der Waals surface area contributed by atoms with Crippen LogP contribution in [0.15, 0.2) is 24.3 Å². The molecule has 0 aliphatic carbocycles. The number of carbonyl (C=O) groups is 1. The lowest BCUT2D eigenvalue weighted by atomic mass is 10.1. The van der Waals surface area contributed by atoms with Crippen LogP contribution in [0.5, 0.6) is 5.75 Å². The van der Waals surface area contributed by atoms with Gasteiger partial charge in [-0.15, -0.1) is 0 Å². The average molecular weight is 337 g/mol. The first-order valence-electron chi connectivity index (χ1n) is 8.00. The summed E-state index contributed by atoms with van der Waals surface area (Å²) in [6.07, 6.45) is -2.72. The average Bonchev–Trinajstić information content (AvgIpc) is 2.77. The summed E-state index contributed by atoms with van der Waals surface area (Å²) in [6, 6.07) is 6.92. The fraction of sp³-hybridized carbons (Fsp3) is 0.588. The number of rotatable bonds is 2. The molecule has 132 valence electrons. The van der Waals surface area contributed by atoms with E-state index in [-0.39, 0.29) is 5.97 Å². The van der Waals surface area contributed by atoms with Crippen molar-refractivity contribution in [1.29, 1.82) is 0 Å². The summed E-state index contributed by atoms with van der Waals surface area (Å²) >= 11 is 0. The predicted octanol–water partition coefficient (Wildman–Crippen LogP) is 0.674. The van der Waals surface area contributed by atoms with E-state index < -0.39 is 30.2 Å². The second-order valence-electron chi connectivity index (χ2n) is 6.69. The van der Waals surface area contributed by atoms with E-state index in [1.54, 1.807) is 38.1 Å². The van der Waals surface area contributed by atoms with Crippen molar-refractivity contribution in [3.63, 3.8) is 0 Å². The van der Waals surface area contributed by atoms with Crippen molar-refractivity contribution >= 4 is 11.7 Å². The largest absolute Gasteiger partial charge is 0.427 e. The number of aliphatic hydroxyl groups excluding tert-OH is 2. The third-order valence-electron chi connectivity index (χ3n) is 4.20. The first kappa shape index (κ1) is 17.2.